The van der Waals surface area contributed by atoms with Crippen LogP contribution in [0.5, 0.6) is 0 Å². The van der Waals surface area contributed by atoms with Crippen molar-refractivity contribution in [1.29, 1.82) is 0 Å². The normalized spacial score (nSPS) is 22.0. The highest BCUT2D eigenvalue weighted by Gasteiger charge is 2.37. The summed E-state index contributed by atoms with van der Waals surface area (Å²) in [5.74, 6) is 3.24. The van der Waals surface area contributed by atoms with Crippen LogP contribution < -0.4 is 10.2 Å². The van der Waals surface area contributed by atoms with Crippen LogP contribution in [-0.4, -0.2) is 64.2 Å². The molecule has 0 unspecified atom stereocenters. The summed E-state index contributed by atoms with van der Waals surface area (Å²) in [6, 6.07) is 4.66. The Balaban J connectivity index is 1.20. The van der Waals surface area contributed by atoms with Gasteiger partial charge >= 0.3 is 0 Å². The lowest BCUT2D eigenvalue weighted by atomic mass is 9.80. The number of piperidine rings is 2. The summed E-state index contributed by atoms with van der Waals surface area (Å²) >= 11 is 1.81. The Kier molecular flexibility index (Phi) is 5.58. The van der Waals surface area contributed by atoms with E-state index < -0.39 is 0 Å². The molecule has 184 valence electrons. The minimum Gasteiger partial charge on any atom is -0.440 e. The van der Waals surface area contributed by atoms with E-state index in [-0.39, 0.29) is 23.2 Å². The average molecular weight is 497 g/mol. The van der Waals surface area contributed by atoms with Gasteiger partial charge in [0, 0.05) is 62.8 Å². The summed E-state index contributed by atoms with van der Waals surface area (Å²) in [4.78, 5) is 31.6. The van der Waals surface area contributed by atoms with Gasteiger partial charge in [0.2, 0.25) is 17.7 Å². The molecule has 3 aromatic rings. The molecule has 3 aliphatic heterocycles. The molecule has 1 amide bonds. The van der Waals surface area contributed by atoms with Gasteiger partial charge in [0.1, 0.15) is 17.2 Å². The maximum Gasteiger partial charge on any atom is 0.227 e. The zero-order valence-corrected chi connectivity index (χ0v) is 20.8. The Morgan fingerprint density at radius 3 is 2.83 bits per heavy atom. The molecule has 1 atom stereocenters. The second kappa shape index (κ2) is 8.65. The molecule has 2 fully saturated rings. The predicted molar refractivity (Wildman–Crippen MR) is 134 cm³/mol. The summed E-state index contributed by atoms with van der Waals surface area (Å²) in [7, 11) is 1.86. The number of aromatic nitrogens is 3. The van der Waals surface area contributed by atoms with Gasteiger partial charge < -0.3 is 19.5 Å². The van der Waals surface area contributed by atoms with Crippen LogP contribution in [0.25, 0.3) is 11.1 Å². The number of rotatable bonds is 4. The number of amides is 1. The van der Waals surface area contributed by atoms with E-state index in [0.717, 1.165) is 66.9 Å². The number of anilines is 2. The Labute approximate surface area is 207 Å². The minimum absolute atomic E-state index is 0.194. The zero-order valence-electron chi connectivity index (χ0n) is 20.0. The number of thioether (sulfide) groups is 1. The van der Waals surface area contributed by atoms with Crippen LogP contribution in [0.1, 0.15) is 44.2 Å². The van der Waals surface area contributed by atoms with Gasteiger partial charge in [-0.3, -0.25) is 4.79 Å². The standard InChI is InChI=1S/C25H29FN6O2S/c1-25(23-28-18-13-15(26)3-5-19(18)34-23)8-10-32(11-9-25)24-29-17-7-12-35-21(17)22(30-24)27-16-4-6-20(33)31(2)14-16/h3,5,13,16H,4,6-12,14H2,1-2H3,(H,27,29,30)/t16-/m0/s1. The maximum absolute atomic E-state index is 13.6. The number of likely N-dealkylation sites (N-methyl/N-ethyl adjacent to an activating group) is 1. The van der Waals surface area contributed by atoms with Crippen molar-refractivity contribution in [3.63, 3.8) is 0 Å². The summed E-state index contributed by atoms with van der Waals surface area (Å²) in [5, 5.41) is 3.63. The molecule has 0 bridgehead atoms. The van der Waals surface area contributed by atoms with Gasteiger partial charge in [0.25, 0.3) is 0 Å². The Bertz CT molecular complexity index is 1290. The summed E-state index contributed by atoms with van der Waals surface area (Å²) < 4.78 is 19.6. The monoisotopic (exact) mass is 496 g/mol. The van der Waals surface area contributed by atoms with Crippen LogP contribution >= 0.6 is 11.8 Å². The van der Waals surface area contributed by atoms with Crippen molar-refractivity contribution in [2.45, 2.75) is 55.4 Å². The lowest BCUT2D eigenvalue weighted by molar-refractivity contribution is -0.132. The molecule has 2 aromatic heterocycles. The van der Waals surface area contributed by atoms with Gasteiger partial charge in [-0.15, -0.1) is 11.8 Å². The molecular formula is C25H29FN6O2S. The van der Waals surface area contributed by atoms with E-state index in [9.17, 15) is 9.18 Å². The van der Waals surface area contributed by atoms with E-state index in [4.69, 9.17) is 14.4 Å². The Morgan fingerprint density at radius 2 is 2.03 bits per heavy atom. The highest BCUT2D eigenvalue weighted by molar-refractivity contribution is 7.99. The lowest BCUT2D eigenvalue weighted by Gasteiger charge is -2.37. The largest absolute Gasteiger partial charge is 0.440 e. The molecule has 35 heavy (non-hydrogen) atoms. The minimum atomic E-state index is -0.305. The quantitative estimate of drug-likeness (QED) is 0.580. The number of nitrogens with one attached hydrogen (secondary N) is 1. The van der Waals surface area contributed by atoms with Gasteiger partial charge in [-0.1, -0.05) is 6.92 Å². The van der Waals surface area contributed by atoms with Gasteiger partial charge in [0.05, 0.1) is 10.6 Å². The van der Waals surface area contributed by atoms with Crippen molar-refractivity contribution in [3.05, 3.63) is 35.6 Å². The van der Waals surface area contributed by atoms with Gasteiger partial charge in [-0.25, -0.2) is 14.4 Å². The Morgan fingerprint density at radius 1 is 1.20 bits per heavy atom. The number of halogens is 1. The number of likely N-dealkylation sites (tertiary alicyclic amines) is 1. The molecular weight excluding hydrogens is 467 g/mol. The average Bonchev–Trinajstić information content (AvgIpc) is 3.49. The summed E-state index contributed by atoms with van der Waals surface area (Å²) in [6.45, 7) is 4.43. The third kappa shape index (κ3) is 4.22. The molecule has 2 saturated heterocycles. The molecule has 1 aromatic carbocycles. The Hall–Kier alpha value is -2.88. The number of hydrogen-bond acceptors (Lipinski definition) is 8. The van der Waals surface area contributed by atoms with Crippen molar-refractivity contribution in [2.75, 3.05) is 42.7 Å². The maximum atomic E-state index is 13.6. The van der Waals surface area contributed by atoms with Crippen LogP contribution in [0.3, 0.4) is 0 Å². The molecule has 6 rings (SSSR count). The third-order valence-corrected chi connectivity index (χ3v) is 8.62. The van der Waals surface area contributed by atoms with Gasteiger partial charge in [-0.2, -0.15) is 4.98 Å². The van der Waals surface area contributed by atoms with E-state index in [1.807, 2.05) is 7.05 Å². The number of hydrogen-bond donors (Lipinski definition) is 1. The summed E-state index contributed by atoms with van der Waals surface area (Å²) in [5.41, 5.74) is 2.07. The molecule has 8 nitrogen and oxygen atoms in total. The first-order valence-corrected chi connectivity index (χ1v) is 13.2. The molecule has 3 aliphatic rings. The van der Waals surface area contributed by atoms with Crippen LogP contribution in [0, 0.1) is 5.82 Å². The highest BCUT2D eigenvalue weighted by Crippen LogP contribution is 2.40. The third-order valence-electron chi connectivity index (χ3n) is 7.49. The van der Waals surface area contributed by atoms with Crippen molar-refractivity contribution in [1.82, 2.24) is 19.9 Å². The van der Waals surface area contributed by atoms with Crippen molar-refractivity contribution >= 4 is 40.5 Å². The number of carbonyl (C=O) groups excluding carboxylic acids is 1. The van der Waals surface area contributed by atoms with Crippen molar-refractivity contribution in [2.24, 2.45) is 0 Å². The smallest absolute Gasteiger partial charge is 0.227 e. The number of oxazole rings is 1. The molecule has 0 aliphatic carbocycles. The van der Waals surface area contributed by atoms with E-state index in [1.54, 1.807) is 22.7 Å². The predicted octanol–water partition coefficient (Wildman–Crippen LogP) is 4.00. The van der Waals surface area contributed by atoms with Crippen molar-refractivity contribution in [3.8, 4) is 0 Å². The van der Waals surface area contributed by atoms with Crippen LogP contribution in [0.2, 0.25) is 0 Å². The second-order valence-corrected chi connectivity index (χ2v) is 11.2. The molecule has 10 heteroatoms. The molecule has 5 heterocycles. The van der Waals surface area contributed by atoms with Crippen LogP contribution in [0.15, 0.2) is 27.5 Å². The first kappa shape index (κ1) is 22.6. The number of aryl methyl sites for hydroxylation is 1. The number of carbonyl (C=O) groups is 1. The first-order chi connectivity index (χ1) is 16.9. The molecule has 0 spiro atoms. The second-order valence-electron chi connectivity index (χ2n) is 10.1. The van der Waals surface area contributed by atoms with Gasteiger partial charge in [-0.05, 0) is 31.4 Å². The molecule has 0 saturated carbocycles. The topological polar surface area (TPSA) is 87.4 Å². The highest BCUT2D eigenvalue weighted by atomic mass is 32.2. The fraction of sp³-hybridized carbons (Fsp3) is 0.520. The van der Waals surface area contributed by atoms with Crippen LogP contribution in [0.4, 0.5) is 16.2 Å². The number of fused-ring (bicyclic) bond motifs is 2. The zero-order chi connectivity index (χ0) is 24.2. The fourth-order valence-electron chi connectivity index (χ4n) is 5.19. The van der Waals surface area contributed by atoms with E-state index in [2.05, 4.69) is 22.1 Å². The lowest BCUT2D eigenvalue weighted by Crippen LogP contribution is -2.44. The number of benzene rings is 1. The van der Waals surface area contributed by atoms with E-state index >= 15 is 0 Å². The van der Waals surface area contributed by atoms with Crippen LogP contribution in [-0.2, 0) is 16.6 Å². The first-order valence-electron chi connectivity index (χ1n) is 12.2. The van der Waals surface area contributed by atoms with E-state index in [0.29, 0.717) is 30.0 Å². The SMILES string of the molecule is CN1C[C@@H](Nc2nc(N3CCC(C)(c4nc5cc(F)ccc5o4)CC3)nc3c2SCC3)CCC1=O. The number of nitrogens with zero attached hydrogens (tertiary/aromatic N) is 5. The molecule has 0 radical (unpaired) electrons. The fourth-order valence-corrected chi connectivity index (χ4v) is 6.25. The summed E-state index contributed by atoms with van der Waals surface area (Å²) in [6.07, 6.45) is 4.01. The van der Waals surface area contributed by atoms with E-state index in [1.165, 1.54) is 12.1 Å². The van der Waals surface area contributed by atoms with Gasteiger partial charge in [0.15, 0.2) is 5.58 Å². The van der Waals surface area contributed by atoms with Crippen molar-refractivity contribution < 1.29 is 13.6 Å². The molecule has 1 N–H and O–H groups in total.